The number of allylic oxidation sites excluding steroid dienone is 1. The number of benzene rings is 1. The number of nitrogens with one attached hydrogen (secondary N) is 2. The molecule has 0 bridgehead atoms. The SMILES string of the molecule is CC[C@@H]1CCCN(c2cc(-c3n[nH]c4ccc(NC(=O)C5=C(C)N(C)c6nnnn6C5(C)C)cc34)ccn2)C1. The van der Waals surface area contributed by atoms with Crippen molar-refractivity contribution in [3.63, 3.8) is 0 Å². The number of anilines is 3. The lowest BCUT2D eigenvalue weighted by atomic mass is 9.89. The lowest BCUT2D eigenvalue weighted by Gasteiger charge is -2.37. The Morgan fingerprint density at radius 3 is 2.90 bits per heavy atom. The van der Waals surface area contributed by atoms with Crippen molar-refractivity contribution in [2.24, 2.45) is 5.92 Å². The molecule has 0 unspecified atom stereocenters. The molecular weight excluding hydrogens is 492 g/mol. The summed E-state index contributed by atoms with van der Waals surface area (Å²) in [5.41, 5.74) is 4.10. The van der Waals surface area contributed by atoms with E-state index in [1.807, 2.05) is 63.2 Å². The van der Waals surface area contributed by atoms with Crippen LogP contribution in [0.5, 0.6) is 0 Å². The minimum Gasteiger partial charge on any atom is -0.356 e. The predicted molar refractivity (Wildman–Crippen MR) is 151 cm³/mol. The Hall–Kier alpha value is -4.28. The molecule has 11 nitrogen and oxygen atoms in total. The van der Waals surface area contributed by atoms with E-state index in [0.717, 1.165) is 46.8 Å². The van der Waals surface area contributed by atoms with Crippen LogP contribution in [0, 0.1) is 5.92 Å². The topological polar surface area (TPSA) is 121 Å². The van der Waals surface area contributed by atoms with Gasteiger partial charge in [-0.05, 0) is 80.3 Å². The van der Waals surface area contributed by atoms with Crippen molar-refractivity contribution >= 4 is 34.3 Å². The number of amides is 1. The van der Waals surface area contributed by atoms with Crippen LogP contribution in [-0.2, 0) is 10.3 Å². The Balaban J connectivity index is 1.30. The summed E-state index contributed by atoms with van der Waals surface area (Å²) in [6.45, 7) is 10.1. The number of tetrazole rings is 1. The molecule has 202 valence electrons. The van der Waals surface area contributed by atoms with Crippen molar-refractivity contribution in [3.8, 4) is 11.3 Å². The van der Waals surface area contributed by atoms with Gasteiger partial charge in [-0.25, -0.2) is 9.67 Å². The number of pyridine rings is 1. The van der Waals surface area contributed by atoms with Crippen LogP contribution in [0.3, 0.4) is 0 Å². The first-order valence-electron chi connectivity index (χ1n) is 13.5. The number of rotatable bonds is 5. The molecule has 39 heavy (non-hydrogen) atoms. The van der Waals surface area contributed by atoms with Crippen molar-refractivity contribution < 1.29 is 4.79 Å². The number of H-pyrrole nitrogens is 1. The van der Waals surface area contributed by atoms with Gasteiger partial charge in [0.25, 0.3) is 5.91 Å². The molecule has 1 saturated heterocycles. The third kappa shape index (κ3) is 4.21. The molecule has 6 rings (SSSR count). The van der Waals surface area contributed by atoms with Crippen LogP contribution in [0.4, 0.5) is 17.5 Å². The maximum Gasteiger partial charge on any atom is 0.255 e. The zero-order valence-corrected chi connectivity index (χ0v) is 23.1. The second kappa shape index (κ2) is 9.48. The van der Waals surface area contributed by atoms with Gasteiger partial charge in [0.1, 0.15) is 11.5 Å². The summed E-state index contributed by atoms with van der Waals surface area (Å²) in [7, 11) is 1.86. The molecule has 0 aliphatic carbocycles. The minimum absolute atomic E-state index is 0.198. The van der Waals surface area contributed by atoms with Gasteiger partial charge in [-0.1, -0.05) is 18.4 Å². The Morgan fingerprint density at radius 2 is 2.08 bits per heavy atom. The number of aromatic nitrogens is 7. The van der Waals surface area contributed by atoms with Gasteiger partial charge in [0.15, 0.2) is 0 Å². The third-order valence-electron chi connectivity index (χ3n) is 8.25. The van der Waals surface area contributed by atoms with Gasteiger partial charge in [0.2, 0.25) is 5.95 Å². The molecule has 0 radical (unpaired) electrons. The van der Waals surface area contributed by atoms with Crippen molar-refractivity contribution in [2.45, 2.75) is 52.5 Å². The molecule has 3 aromatic heterocycles. The van der Waals surface area contributed by atoms with E-state index in [9.17, 15) is 4.79 Å². The molecule has 2 N–H and O–H groups in total. The first-order chi connectivity index (χ1) is 18.8. The van der Waals surface area contributed by atoms with E-state index in [-0.39, 0.29) is 5.91 Å². The molecular formula is C28H34N10O. The second-order valence-corrected chi connectivity index (χ2v) is 11.0. The summed E-state index contributed by atoms with van der Waals surface area (Å²) in [5, 5.41) is 23.9. The number of carbonyl (C=O) groups excluding carboxylic acids is 1. The second-order valence-electron chi connectivity index (χ2n) is 11.0. The number of aromatic amines is 1. The highest BCUT2D eigenvalue weighted by Crippen LogP contribution is 2.38. The average Bonchev–Trinajstić information content (AvgIpc) is 3.60. The monoisotopic (exact) mass is 526 g/mol. The summed E-state index contributed by atoms with van der Waals surface area (Å²) >= 11 is 0. The molecule has 1 fully saturated rings. The van der Waals surface area contributed by atoms with Crippen molar-refractivity contribution in [2.75, 3.05) is 35.3 Å². The lowest BCUT2D eigenvalue weighted by molar-refractivity contribution is -0.113. The number of nitrogens with zero attached hydrogens (tertiary/aromatic N) is 8. The van der Waals surface area contributed by atoms with Gasteiger partial charge < -0.3 is 15.1 Å². The Labute approximate surface area is 227 Å². The van der Waals surface area contributed by atoms with Crippen LogP contribution in [0.2, 0.25) is 0 Å². The number of fused-ring (bicyclic) bond motifs is 2. The summed E-state index contributed by atoms with van der Waals surface area (Å²) in [5.74, 6) is 2.10. The van der Waals surface area contributed by atoms with E-state index < -0.39 is 5.54 Å². The summed E-state index contributed by atoms with van der Waals surface area (Å²) < 4.78 is 1.68. The Kier molecular flexibility index (Phi) is 6.08. The highest BCUT2D eigenvalue weighted by molar-refractivity contribution is 6.07. The van der Waals surface area contributed by atoms with Gasteiger partial charge in [-0.15, -0.1) is 0 Å². The fourth-order valence-corrected chi connectivity index (χ4v) is 5.91. The van der Waals surface area contributed by atoms with E-state index in [1.54, 1.807) is 4.68 Å². The molecule has 1 amide bonds. The van der Waals surface area contributed by atoms with Crippen molar-refractivity contribution in [3.05, 3.63) is 47.8 Å². The van der Waals surface area contributed by atoms with E-state index in [4.69, 9.17) is 0 Å². The van der Waals surface area contributed by atoms with E-state index in [2.05, 4.69) is 53.9 Å². The number of hydrogen-bond donors (Lipinski definition) is 2. The van der Waals surface area contributed by atoms with Gasteiger partial charge in [0.05, 0.1) is 16.6 Å². The smallest absolute Gasteiger partial charge is 0.255 e. The van der Waals surface area contributed by atoms with Gasteiger partial charge >= 0.3 is 0 Å². The fourth-order valence-electron chi connectivity index (χ4n) is 5.91. The zero-order valence-electron chi connectivity index (χ0n) is 23.1. The molecule has 11 heteroatoms. The molecule has 5 heterocycles. The standard InChI is InChI=1S/C28H34N10O/c1-6-18-8-7-13-37(16-18)23-14-19(11-12-29-23)25-21-15-20(9-10-22(21)31-32-25)30-26(39)24-17(2)36(5)27-33-34-35-38(27)28(24,3)4/h9-12,14-15,18H,6-8,13,16H2,1-5H3,(H,30,39)(H,31,32)/t18-/m1/s1. The molecule has 1 atom stereocenters. The Bertz CT molecular complexity index is 1580. The highest BCUT2D eigenvalue weighted by Gasteiger charge is 2.41. The number of carbonyl (C=O) groups is 1. The minimum atomic E-state index is -0.719. The van der Waals surface area contributed by atoms with Gasteiger partial charge in [-0.2, -0.15) is 5.10 Å². The van der Waals surface area contributed by atoms with Crippen LogP contribution >= 0.6 is 0 Å². The van der Waals surface area contributed by atoms with E-state index in [0.29, 0.717) is 23.1 Å². The predicted octanol–water partition coefficient (Wildman–Crippen LogP) is 4.34. The van der Waals surface area contributed by atoms with Gasteiger partial charge in [-0.3, -0.25) is 9.89 Å². The van der Waals surface area contributed by atoms with Crippen molar-refractivity contribution in [1.29, 1.82) is 0 Å². The Morgan fingerprint density at radius 1 is 1.23 bits per heavy atom. The number of hydrogen-bond acceptors (Lipinski definition) is 8. The van der Waals surface area contributed by atoms with Crippen LogP contribution in [-0.4, -0.2) is 61.4 Å². The molecule has 1 aromatic carbocycles. The van der Waals surface area contributed by atoms with Crippen LogP contribution in [0.25, 0.3) is 22.2 Å². The quantitative estimate of drug-likeness (QED) is 0.394. The molecule has 0 saturated carbocycles. The third-order valence-corrected chi connectivity index (χ3v) is 8.25. The van der Waals surface area contributed by atoms with Gasteiger partial charge in [0, 0.05) is 48.7 Å². The maximum atomic E-state index is 13.7. The first-order valence-corrected chi connectivity index (χ1v) is 13.5. The fraction of sp³-hybridized carbons (Fsp3) is 0.429. The maximum absolute atomic E-state index is 13.7. The molecule has 0 spiro atoms. The number of piperidine rings is 1. The summed E-state index contributed by atoms with van der Waals surface area (Å²) in [4.78, 5) is 22.6. The normalized spacial score (nSPS) is 18.9. The molecule has 2 aliphatic heterocycles. The zero-order chi connectivity index (χ0) is 27.3. The lowest BCUT2D eigenvalue weighted by Crippen LogP contribution is -2.44. The van der Waals surface area contributed by atoms with Crippen LogP contribution in [0.1, 0.15) is 47.0 Å². The van der Waals surface area contributed by atoms with Crippen molar-refractivity contribution in [1.82, 2.24) is 35.4 Å². The van der Waals surface area contributed by atoms with E-state index >= 15 is 0 Å². The largest absolute Gasteiger partial charge is 0.356 e. The molecule has 2 aliphatic rings. The van der Waals surface area contributed by atoms with Crippen LogP contribution < -0.4 is 15.1 Å². The summed E-state index contributed by atoms with van der Waals surface area (Å²) in [6.07, 6.45) is 5.52. The molecule has 4 aromatic rings. The summed E-state index contributed by atoms with van der Waals surface area (Å²) in [6, 6.07) is 9.91. The van der Waals surface area contributed by atoms with E-state index in [1.165, 1.54) is 19.3 Å². The highest BCUT2D eigenvalue weighted by atomic mass is 16.1. The average molecular weight is 527 g/mol. The first kappa shape index (κ1) is 25.0. The van der Waals surface area contributed by atoms with Crippen LogP contribution in [0.15, 0.2) is 47.8 Å².